The molecule has 4 N–H and O–H groups in total. The minimum atomic E-state index is -3.64. The summed E-state index contributed by atoms with van der Waals surface area (Å²) in [5.74, 6) is 5.76. The highest BCUT2D eigenvalue weighted by molar-refractivity contribution is 7.99. The van der Waals surface area contributed by atoms with Gasteiger partial charge in [-0.1, -0.05) is 37.7 Å². The number of ketones is 1. The average Bonchev–Trinajstić information content (AvgIpc) is 3.08. The number of carbonyl (C=O) groups is 1. The van der Waals surface area contributed by atoms with Crippen molar-refractivity contribution in [3.8, 4) is 17.5 Å². The van der Waals surface area contributed by atoms with E-state index in [1.165, 1.54) is 28.0 Å². The SMILES string of the molecule is CCN(CC)S(=O)(=O)c1cccc(-c2nnc(SCC(=O)C(C#N)=C(C)N)n2N)c1. The van der Waals surface area contributed by atoms with Gasteiger partial charge in [0.15, 0.2) is 11.6 Å². The Morgan fingerprint density at radius 1 is 1.30 bits per heavy atom. The minimum absolute atomic E-state index is 0.0941. The lowest BCUT2D eigenvalue weighted by atomic mass is 10.2. The summed E-state index contributed by atoms with van der Waals surface area (Å²) in [6.07, 6.45) is 0. The fourth-order valence-corrected chi connectivity index (χ4v) is 4.89. The maximum atomic E-state index is 12.8. The van der Waals surface area contributed by atoms with Gasteiger partial charge in [0.05, 0.1) is 10.6 Å². The highest BCUT2D eigenvalue weighted by Crippen LogP contribution is 2.25. The van der Waals surface area contributed by atoms with Crippen molar-refractivity contribution in [1.29, 1.82) is 5.26 Å². The Morgan fingerprint density at radius 3 is 2.53 bits per heavy atom. The summed E-state index contributed by atoms with van der Waals surface area (Å²) in [6.45, 7) is 5.72. The number of sulfonamides is 1. The normalized spacial score (nSPS) is 12.5. The molecule has 2 rings (SSSR count). The first kappa shape index (κ1) is 23.4. The van der Waals surface area contributed by atoms with E-state index in [1.807, 2.05) is 0 Å². The quantitative estimate of drug-likeness (QED) is 0.247. The van der Waals surface area contributed by atoms with Gasteiger partial charge in [0.1, 0.15) is 11.6 Å². The van der Waals surface area contributed by atoms with Crippen LogP contribution in [0.3, 0.4) is 0 Å². The Morgan fingerprint density at radius 2 is 1.97 bits per heavy atom. The van der Waals surface area contributed by atoms with Crippen LogP contribution < -0.4 is 11.6 Å². The van der Waals surface area contributed by atoms with Gasteiger partial charge in [-0.3, -0.25) is 4.79 Å². The molecular weight excluding hydrogens is 426 g/mol. The topological polar surface area (TPSA) is 161 Å². The number of thioether (sulfide) groups is 1. The van der Waals surface area contributed by atoms with E-state index in [0.29, 0.717) is 18.7 Å². The lowest BCUT2D eigenvalue weighted by Crippen LogP contribution is -2.30. The molecule has 0 fully saturated rings. The molecule has 0 spiro atoms. The van der Waals surface area contributed by atoms with Gasteiger partial charge in [-0.25, -0.2) is 13.1 Å². The van der Waals surface area contributed by atoms with E-state index in [0.717, 1.165) is 11.8 Å². The Hall–Kier alpha value is -2.88. The van der Waals surface area contributed by atoms with Gasteiger partial charge in [0.2, 0.25) is 15.2 Å². The van der Waals surface area contributed by atoms with Crippen LogP contribution in [0.4, 0.5) is 0 Å². The van der Waals surface area contributed by atoms with Crippen LogP contribution in [0.25, 0.3) is 11.4 Å². The zero-order valence-corrected chi connectivity index (χ0v) is 18.5. The summed E-state index contributed by atoms with van der Waals surface area (Å²) in [5.41, 5.74) is 6.03. The molecule has 160 valence electrons. The second-order valence-corrected chi connectivity index (χ2v) is 9.06. The van der Waals surface area contributed by atoms with Crippen molar-refractivity contribution in [3.63, 3.8) is 0 Å². The molecule has 0 aliphatic rings. The fourth-order valence-electron chi connectivity index (χ4n) is 2.65. The summed E-state index contributed by atoms with van der Waals surface area (Å²) in [4.78, 5) is 12.2. The van der Waals surface area contributed by atoms with Gasteiger partial charge in [-0.15, -0.1) is 10.2 Å². The number of rotatable bonds is 9. The van der Waals surface area contributed by atoms with Crippen molar-refractivity contribution in [2.75, 3.05) is 24.7 Å². The second kappa shape index (κ2) is 9.75. The number of allylic oxidation sites excluding steroid dienone is 2. The zero-order chi connectivity index (χ0) is 22.5. The van der Waals surface area contributed by atoms with Crippen LogP contribution in [-0.2, 0) is 14.8 Å². The molecule has 0 radical (unpaired) electrons. The number of nitriles is 1. The van der Waals surface area contributed by atoms with E-state index in [-0.39, 0.29) is 32.9 Å². The number of Topliss-reactive ketones (excluding diaryl/α,β-unsaturated/α-hetero) is 1. The molecule has 1 aromatic heterocycles. The molecule has 0 saturated heterocycles. The Labute approximate surface area is 179 Å². The van der Waals surface area contributed by atoms with E-state index in [2.05, 4.69) is 10.2 Å². The monoisotopic (exact) mass is 449 g/mol. The van der Waals surface area contributed by atoms with Crippen LogP contribution in [0, 0.1) is 11.3 Å². The molecule has 0 aliphatic carbocycles. The molecule has 12 heteroatoms. The van der Waals surface area contributed by atoms with Gasteiger partial charge < -0.3 is 11.6 Å². The number of nitrogen functional groups attached to an aromatic ring is 1. The molecule has 0 amide bonds. The summed E-state index contributed by atoms with van der Waals surface area (Å²) >= 11 is 1.00. The van der Waals surface area contributed by atoms with E-state index in [4.69, 9.17) is 16.8 Å². The van der Waals surface area contributed by atoms with Crippen LogP contribution in [0.5, 0.6) is 0 Å². The van der Waals surface area contributed by atoms with Crippen LogP contribution in [0.1, 0.15) is 20.8 Å². The molecule has 1 heterocycles. The Kier molecular flexibility index (Phi) is 7.60. The summed E-state index contributed by atoms with van der Waals surface area (Å²) < 4.78 is 28.1. The number of aromatic nitrogens is 3. The summed E-state index contributed by atoms with van der Waals surface area (Å²) in [6, 6.07) is 8.04. The number of hydrogen-bond acceptors (Lipinski definition) is 9. The van der Waals surface area contributed by atoms with Gasteiger partial charge in [0.25, 0.3) is 0 Å². The first-order valence-corrected chi connectivity index (χ1v) is 11.4. The fraction of sp³-hybridized carbons (Fsp3) is 0.333. The van der Waals surface area contributed by atoms with E-state index >= 15 is 0 Å². The molecule has 0 unspecified atom stereocenters. The van der Waals surface area contributed by atoms with E-state index in [1.54, 1.807) is 32.0 Å². The smallest absolute Gasteiger partial charge is 0.243 e. The third-order valence-electron chi connectivity index (χ3n) is 4.22. The van der Waals surface area contributed by atoms with Crippen LogP contribution in [0.15, 0.2) is 45.6 Å². The van der Waals surface area contributed by atoms with Crippen molar-refractivity contribution < 1.29 is 13.2 Å². The second-order valence-electron chi connectivity index (χ2n) is 6.18. The van der Waals surface area contributed by atoms with Gasteiger partial charge in [-0.2, -0.15) is 9.57 Å². The van der Waals surface area contributed by atoms with Gasteiger partial charge >= 0.3 is 0 Å². The number of carbonyl (C=O) groups excluding carboxylic acids is 1. The maximum Gasteiger partial charge on any atom is 0.243 e. The molecule has 0 aliphatic heterocycles. The van der Waals surface area contributed by atoms with Gasteiger partial charge in [-0.05, 0) is 19.1 Å². The number of nitrogens with two attached hydrogens (primary N) is 2. The van der Waals surface area contributed by atoms with Gasteiger partial charge in [0, 0.05) is 24.4 Å². The van der Waals surface area contributed by atoms with Crippen molar-refractivity contribution in [3.05, 3.63) is 35.5 Å². The molecule has 0 bridgehead atoms. The molecule has 0 atom stereocenters. The molecular formula is C18H23N7O3S2. The summed E-state index contributed by atoms with van der Waals surface area (Å²) in [5, 5.41) is 17.2. The molecule has 0 saturated carbocycles. The molecule has 2 aromatic rings. The molecule has 10 nitrogen and oxygen atoms in total. The lowest BCUT2D eigenvalue weighted by Gasteiger charge is -2.18. The van der Waals surface area contributed by atoms with Crippen LogP contribution in [-0.4, -0.2) is 52.2 Å². The van der Waals surface area contributed by atoms with E-state index < -0.39 is 15.8 Å². The Balaban J connectivity index is 2.30. The number of nitrogens with zero attached hydrogens (tertiary/aromatic N) is 5. The average molecular weight is 450 g/mol. The summed E-state index contributed by atoms with van der Waals surface area (Å²) in [7, 11) is -3.64. The third kappa shape index (κ3) is 4.81. The predicted octanol–water partition coefficient (Wildman–Crippen LogP) is 1.11. The highest BCUT2D eigenvalue weighted by Gasteiger charge is 2.23. The van der Waals surface area contributed by atoms with Crippen molar-refractivity contribution in [1.82, 2.24) is 19.2 Å². The van der Waals surface area contributed by atoms with E-state index in [9.17, 15) is 13.2 Å². The van der Waals surface area contributed by atoms with Crippen LogP contribution in [0.2, 0.25) is 0 Å². The van der Waals surface area contributed by atoms with Crippen molar-refractivity contribution in [2.24, 2.45) is 5.73 Å². The molecule has 1 aromatic carbocycles. The standard InChI is InChI=1S/C18H23N7O3S2/c1-4-24(5-2)30(27,28)14-8-6-7-13(9-14)17-22-23-18(25(17)21)29-11-16(26)15(10-19)12(3)20/h6-9H,4-5,11,20-21H2,1-3H3. The minimum Gasteiger partial charge on any atom is -0.401 e. The first-order chi connectivity index (χ1) is 14.2. The Bertz CT molecular complexity index is 1110. The van der Waals surface area contributed by atoms with Crippen molar-refractivity contribution >= 4 is 27.6 Å². The third-order valence-corrected chi connectivity index (χ3v) is 7.21. The number of hydrogen-bond donors (Lipinski definition) is 2. The lowest BCUT2D eigenvalue weighted by molar-refractivity contribution is -0.112. The predicted molar refractivity (Wildman–Crippen MR) is 114 cm³/mol. The zero-order valence-electron chi connectivity index (χ0n) is 16.9. The maximum absolute atomic E-state index is 12.8. The largest absolute Gasteiger partial charge is 0.401 e. The molecule has 30 heavy (non-hydrogen) atoms. The first-order valence-electron chi connectivity index (χ1n) is 9.00. The van der Waals surface area contributed by atoms with Crippen LogP contribution >= 0.6 is 11.8 Å². The number of benzene rings is 1. The van der Waals surface area contributed by atoms with Crippen molar-refractivity contribution in [2.45, 2.75) is 30.8 Å². The highest BCUT2D eigenvalue weighted by atomic mass is 32.2.